The Labute approximate surface area is 212 Å². The Kier molecular flexibility index (Phi) is 8.14. The van der Waals surface area contributed by atoms with Gasteiger partial charge in [0.05, 0.1) is 12.7 Å². The van der Waals surface area contributed by atoms with E-state index in [1.54, 1.807) is 6.07 Å². The van der Waals surface area contributed by atoms with E-state index in [9.17, 15) is 14.3 Å². The molecule has 194 valence electrons. The first-order valence-electron chi connectivity index (χ1n) is 13.3. The van der Waals surface area contributed by atoms with E-state index in [0.29, 0.717) is 38.5 Å². The number of aromatic nitrogens is 1. The molecule has 0 bridgehead atoms. The van der Waals surface area contributed by atoms with E-state index >= 15 is 0 Å². The monoisotopic (exact) mass is 497 g/mol. The Bertz CT molecular complexity index is 1060. The lowest BCUT2D eigenvalue weighted by molar-refractivity contribution is -0.143. The molecule has 2 saturated heterocycles. The van der Waals surface area contributed by atoms with Gasteiger partial charge in [0.2, 0.25) is 0 Å². The summed E-state index contributed by atoms with van der Waals surface area (Å²) in [4.78, 5) is 19.0. The van der Waals surface area contributed by atoms with Crippen LogP contribution in [0, 0.1) is 5.82 Å². The van der Waals surface area contributed by atoms with Crippen molar-refractivity contribution in [3.63, 3.8) is 0 Å². The third-order valence-corrected chi connectivity index (χ3v) is 7.62. The predicted molar refractivity (Wildman–Crippen MR) is 135 cm³/mol. The van der Waals surface area contributed by atoms with E-state index in [4.69, 9.17) is 14.5 Å². The average Bonchev–Trinajstić information content (AvgIpc) is 3.57. The molecule has 0 saturated carbocycles. The highest BCUT2D eigenvalue weighted by atomic mass is 19.1. The lowest BCUT2D eigenvalue weighted by Crippen LogP contribution is -2.34. The van der Waals surface area contributed by atoms with Crippen LogP contribution in [0.15, 0.2) is 30.3 Å². The van der Waals surface area contributed by atoms with Crippen LogP contribution in [-0.2, 0) is 27.1 Å². The molecule has 0 spiro atoms. The molecule has 8 heteroatoms. The molecule has 0 amide bonds. The Hall–Kier alpha value is -2.55. The smallest absolute Gasteiger partial charge is 0.325 e. The Morgan fingerprint density at radius 1 is 1.28 bits per heavy atom. The third-order valence-electron chi connectivity index (χ3n) is 7.62. The lowest BCUT2D eigenvalue weighted by atomic mass is 9.89. The fraction of sp³-hybridized carbons (Fsp3) is 0.571. The van der Waals surface area contributed by atoms with Crippen molar-refractivity contribution in [2.45, 2.75) is 63.0 Å². The number of nitrogens with one attached hydrogen (secondary N) is 1. The fourth-order valence-electron chi connectivity index (χ4n) is 5.71. The van der Waals surface area contributed by atoms with Crippen molar-refractivity contribution in [2.75, 3.05) is 44.8 Å². The molecule has 1 aromatic carbocycles. The number of hydrogen-bond acceptors (Lipinski definition) is 6. The first kappa shape index (κ1) is 25.1. The molecule has 3 aliphatic heterocycles. The van der Waals surface area contributed by atoms with E-state index in [1.165, 1.54) is 17.7 Å². The number of anilines is 1. The van der Waals surface area contributed by atoms with Gasteiger partial charge in [-0.25, -0.2) is 9.37 Å². The molecule has 0 radical (unpaired) electrons. The molecule has 36 heavy (non-hydrogen) atoms. The number of carboxylic acid groups (broad SMARTS) is 1. The molecule has 4 heterocycles. The van der Waals surface area contributed by atoms with E-state index in [2.05, 4.69) is 17.4 Å². The normalized spacial score (nSPS) is 22.8. The number of pyridine rings is 1. The Balaban J connectivity index is 1.12. The largest absolute Gasteiger partial charge is 0.480 e. The minimum atomic E-state index is -0.951. The number of likely N-dealkylation sites (tertiary alicyclic amines) is 1. The van der Waals surface area contributed by atoms with E-state index in [-0.39, 0.29) is 12.0 Å². The summed E-state index contributed by atoms with van der Waals surface area (Å²) in [5.41, 5.74) is 3.85. The second kappa shape index (κ2) is 11.7. The van der Waals surface area contributed by atoms with Gasteiger partial charge in [-0.1, -0.05) is 12.1 Å². The van der Waals surface area contributed by atoms with Crippen LogP contribution in [0.2, 0.25) is 0 Å². The van der Waals surface area contributed by atoms with Crippen molar-refractivity contribution in [1.82, 2.24) is 9.88 Å². The predicted octanol–water partition coefficient (Wildman–Crippen LogP) is 4.32. The van der Waals surface area contributed by atoms with Crippen molar-refractivity contribution < 1.29 is 23.8 Å². The minimum absolute atomic E-state index is 0.00950. The maximum atomic E-state index is 14.2. The molecule has 7 nitrogen and oxygen atoms in total. The molecule has 1 aromatic heterocycles. The van der Waals surface area contributed by atoms with Gasteiger partial charge in [0.1, 0.15) is 17.7 Å². The number of unbranched alkanes of at least 4 members (excludes halogenated alkanes) is 1. The van der Waals surface area contributed by atoms with Gasteiger partial charge in [0.25, 0.3) is 0 Å². The van der Waals surface area contributed by atoms with E-state index in [1.807, 2.05) is 4.90 Å². The number of fused-ring (bicyclic) bond motifs is 1. The summed E-state index contributed by atoms with van der Waals surface area (Å²) in [6.07, 6.45) is 6.70. The van der Waals surface area contributed by atoms with Gasteiger partial charge in [-0.2, -0.15) is 0 Å². The molecule has 0 unspecified atom stereocenters. The first-order chi connectivity index (χ1) is 17.6. The summed E-state index contributed by atoms with van der Waals surface area (Å²) < 4.78 is 25.8. The van der Waals surface area contributed by atoms with Crippen LogP contribution in [0.25, 0.3) is 0 Å². The number of ether oxygens (including phenoxy) is 2. The SMILES string of the molecule is O=C(O)[C@@H](c1cc(F)ccc1[C@@H]1CCOC1)N1CC[C@@H](OCCCCc2ccc3c(n2)NCCC3)C1. The molecule has 2 aromatic rings. The van der Waals surface area contributed by atoms with Gasteiger partial charge >= 0.3 is 5.97 Å². The van der Waals surface area contributed by atoms with Crippen molar-refractivity contribution >= 4 is 11.8 Å². The molecule has 3 atom stereocenters. The van der Waals surface area contributed by atoms with Crippen LogP contribution < -0.4 is 5.32 Å². The number of nitrogens with zero attached hydrogens (tertiary/aromatic N) is 2. The van der Waals surface area contributed by atoms with Gasteiger partial charge in [-0.3, -0.25) is 9.69 Å². The van der Waals surface area contributed by atoms with Gasteiger partial charge < -0.3 is 19.9 Å². The Morgan fingerprint density at radius 3 is 3.03 bits per heavy atom. The summed E-state index contributed by atoms with van der Waals surface area (Å²) in [6, 6.07) is 7.99. The second-order valence-corrected chi connectivity index (χ2v) is 10.1. The van der Waals surface area contributed by atoms with Crippen molar-refractivity contribution in [2.24, 2.45) is 0 Å². The molecule has 2 N–H and O–H groups in total. The zero-order valence-corrected chi connectivity index (χ0v) is 20.8. The molecule has 5 rings (SSSR count). The molecule has 0 aliphatic carbocycles. The van der Waals surface area contributed by atoms with Crippen molar-refractivity contribution in [3.8, 4) is 0 Å². The van der Waals surface area contributed by atoms with E-state index in [0.717, 1.165) is 68.6 Å². The second-order valence-electron chi connectivity index (χ2n) is 10.1. The van der Waals surface area contributed by atoms with Gasteiger partial charge in [-0.15, -0.1) is 0 Å². The van der Waals surface area contributed by atoms with Gasteiger partial charge in [0, 0.05) is 44.5 Å². The van der Waals surface area contributed by atoms with Crippen LogP contribution in [0.5, 0.6) is 0 Å². The van der Waals surface area contributed by atoms with Crippen LogP contribution in [0.4, 0.5) is 10.2 Å². The number of aryl methyl sites for hydroxylation is 2. The van der Waals surface area contributed by atoms with Crippen LogP contribution >= 0.6 is 0 Å². The first-order valence-corrected chi connectivity index (χ1v) is 13.3. The maximum absolute atomic E-state index is 14.2. The quantitative estimate of drug-likeness (QED) is 0.473. The fourth-order valence-corrected chi connectivity index (χ4v) is 5.71. The number of benzene rings is 1. The summed E-state index contributed by atoms with van der Waals surface area (Å²) in [6.45, 7) is 3.99. The standard InChI is InChI=1S/C28H36FN3O4/c29-21-7-9-24(20-11-15-35-18-20)25(16-21)26(28(33)34)32-13-10-23(17-32)36-14-2-1-5-22-8-6-19-4-3-12-30-27(19)31-22/h6-9,16,20,23,26H,1-5,10-15,17-18H2,(H,30,31)(H,33,34)/t20-,23-,26-/m1/s1. The number of rotatable bonds is 10. The van der Waals surface area contributed by atoms with E-state index < -0.39 is 17.8 Å². The number of carboxylic acids is 1. The van der Waals surface area contributed by atoms with Gasteiger partial charge in [0.15, 0.2) is 0 Å². The highest BCUT2D eigenvalue weighted by Crippen LogP contribution is 2.36. The third kappa shape index (κ3) is 5.88. The Morgan fingerprint density at radius 2 is 2.19 bits per heavy atom. The van der Waals surface area contributed by atoms with Gasteiger partial charge in [-0.05, 0) is 79.8 Å². The zero-order chi connectivity index (χ0) is 24.9. The molecule has 2 fully saturated rings. The maximum Gasteiger partial charge on any atom is 0.325 e. The van der Waals surface area contributed by atoms with Crippen molar-refractivity contribution in [1.29, 1.82) is 0 Å². The number of hydrogen-bond donors (Lipinski definition) is 2. The minimum Gasteiger partial charge on any atom is -0.480 e. The summed E-state index contributed by atoms with van der Waals surface area (Å²) in [7, 11) is 0. The summed E-state index contributed by atoms with van der Waals surface area (Å²) >= 11 is 0. The summed E-state index contributed by atoms with van der Waals surface area (Å²) in [5, 5.41) is 13.5. The molecular formula is C28H36FN3O4. The van der Waals surface area contributed by atoms with Crippen LogP contribution in [-0.4, -0.2) is 66.5 Å². The number of aliphatic carboxylic acids is 1. The average molecular weight is 498 g/mol. The topological polar surface area (TPSA) is 83.9 Å². The highest BCUT2D eigenvalue weighted by Gasteiger charge is 2.36. The molecule has 3 aliphatic rings. The summed E-state index contributed by atoms with van der Waals surface area (Å²) in [5.74, 6) is -0.211. The van der Waals surface area contributed by atoms with Crippen LogP contribution in [0.3, 0.4) is 0 Å². The van der Waals surface area contributed by atoms with Crippen LogP contribution in [0.1, 0.15) is 66.4 Å². The lowest BCUT2D eigenvalue weighted by Gasteiger charge is -2.27. The molecular weight excluding hydrogens is 461 g/mol. The number of halogens is 1. The highest BCUT2D eigenvalue weighted by molar-refractivity contribution is 5.76. The zero-order valence-electron chi connectivity index (χ0n) is 20.8. The number of carbonyl (C=O) groups is 1. The van der Waals surface area contributed by atoms with Crippen molar-refractivity contribution in [3.05, 3.63) is 58.5 Å².